The number of carbonyl (C=O) groups excluding carboxylic acids is 1. The number of rotatable bonds is 7. The zero-order valence-electron chi connectivity index (χ0n) is 14.3. The number of furan rings is 1. The number of fused-ring (bicyclic) bond motifs is 1. The van der Waals surface area contributed by atoms with Crippen molar-refractivity contribution in [3.8, 4) is 0 Å². The van der Waals surface area contributed by atoms with E-state index < -0.39 is 0 Å². The highest BCUT2D eigenvalue weighted by Gasteiger charge is 2.17. The number of anilines is 1. The number of aryl methyl sites for hydroxylation is 1. The molecule has 0 spiro atoms. The molecule has 0 saturated carbocycles. The summed E-state index contributed by atoms with van der Waals surface area (Å²) in [6.07, 6.45) is 3.45. The van der Waals surface area contributed by atoms with Crippen LogP contribution in [0.25, 0.3) is 11.0 Å². The van der Waals surface area contributed by atoms with Gasteiger partial charge in [-0.05, 0) is 19.9 Å². The maximum Gasteiger partial charge on any atom is 0.241 e. The first-order valence-electron chi connectivity index (χ1n) is 8.23. The van der Waals surface area contributed by atoms with E-state index in [-0.39, 0.29) is 31.6 Å². The first-order valence-corrected chi connectivity index (χ1v) is 8.23. The molecule has 7 heteroatoms. The molecule has 0 saturated heterocycles. The molecule has 0 aliphatic carbocycles. The smallest absolute Gasteiger partial charge is 0.241 e. The number of nitrogens with one attached hydrogen (secondary N) is 2. The van der Waals surface area contributed by atoms with Crippen LogP contribution in [-0.4, -0.2) is 33.9 Å². The minimum absolute atomic E-state index is 0.0340. The van der Waals surface area contributed by atoms with Crippen LogP contribution in [0.4, 0.5) is 5.69 Å². The summed E-state index contributed by atoms with van der Waals surface area (Å²) in [6, 6.07) is 7.93. The van der Waals surface area contributed by atoms with Crippen LogP contribution in [0.3, 0.4) is 0 Å². The van der Waals surface area contributed by atoms with E-state index >= 15 is 0 Å². The van der Waals surface area contributed by atoms with Crippen LogP contribution in [0.1, 0.15) is 24.3 Å². The average molecular weight is 342 g/mol. The van der Waals surface area contributed by atoms with Gasteiger partial charge in [-0.3, -0.25) is 9.48 Å². The molecule has 2 aromatic heterocycles. The van der Waals surface area contributed by atoms with Crippen molar-refractivity contribution in [1.29, 1.82) is 0 Å². The lowest BCUT2D eigenvalue weighted by molar-refractivity contribution is -0.122. The van der Waals surface area contributed by atoms with Gasteiger partial charge in [0.05, 0.1) is 24.5 Å². The number of amides is 1. The number of hydrogen-bond donors (Lipinski definition) is 3. The van der Waals surface area contributed by atoms with Crippen molar-refractivity contribution in [3.05, 3.63) is 48.0 Å². The molecular weight excluding hydrogens is 320 g/mol. The Morgan fingerprint density at radius 2 is 2.20 bits per heavy atom. The van der Waals surface area contributed by atoms with Gasteiger partial charge in [-0.2, -0.15) is 5.10 Å². The Bertz CT molecular complexity index is 868. The maximum absolute atomic E-state index is 11.6. The molecule has 0 aliphatic rings. The number of benzene rings is 1. The molecule has 132 valence electrons. The highest BCUT2D eigenvalue weighted by molar-refractivity contribution is 5.82. The summed E-state index contributed by atoms with van der Waals surface area (Å²) in [7, 11) is 0. The molecule has 3 aromatic rings. The van der Waals surface area contributed by atoms with Crippen molar-refractivity contribution < 1.29 is 14.3 Å². The van der Waals surface area contributed by atoms with Crippen molar-refractivity contribution in [2.75, 3.05) is 18.5 Å². The van der Waals surface area contributed by atoms with Crippen molar-refractivity contribution in [2.45, 2.75) is 26.4 Å². The van der Waals surface area contributed by atoms with Crippen molar-refractivity contribution in [3.63, 3.8) is 0 Å². The third kappa shape index (κ3) is 3.83. The molecule has 7 nitrogen and oxygen atoms in total. The van der Waals surface area contributed by atoms with E-state index in [1.807, 2.05) is 38.1 Å². The number of aromatic nitrogens is 2. The molecule has 3 N–H and O–H groups in total. The summed E-state index contributed by atoms with van der Waals surface area (Å²) in [5.74, 6) is 0.694. The van der Waals surface area contributed by atoms with Crippen LogP contribution in [0.15, 0.2) is 41.1 Å². The van der Waals surface area contributed by atoms with Gasteiger partial charge in [0.15, 0.2) is 0 Å². The van der Waals surface area contributed by atoms with Gasteiger partial charge in [0, 0.05) is 23.7 Å². The predicted molar refractivity (Wildman–Crippen MR) is 95.3 cm³/mol. The summed E-state index contributed by atoms with van der Waals surface area (Å²) in [5.41, 5.74) is 2.80. The lowest BCUT2D eigenvalue weighted by Gasteiger charge is -2.12. The molecule has 3 rings (SSSR count). The highest BCUT2D eigenvalue weighted by Crippen LogP contribution is 2.30. The van der Waals surface area contributed by atoms with E-state index in [1.165, 1.54) is 0 Å². The molecule has 1 aromatic carbocycles. The lowest BCUT2D eigenvalue weighted by atomic mass is 10.1. The number of nitrogens with zero attached hydrogens (tertiary/aromatic N) is 2. The Kier molecular flexibility index (Phi) is 5.04. The zero-order valence-corrected chi connectivity index (χ0v) is 14.3. The third-order valence-corrected chi connectivity index (χ3v) is 4.03. The minimum atomic E-state index is -0.190. The summed E-state index contributed by atoms with van der Waals surface area (Å²) >= 11 is 0. The topological polar surface area (TPSA) is 92.3 Å². The third-order valence-electron chi connectivity index (χ3n) is 4.03. The van der Waals surface area contributed by atoms with Gasteiger partial charge >= 0.3 is 0 Å². The summed E-state index contributed by atoms with van der Waals surface area (Å²) < 4.78 is 7.52. The van der Waals surface area contributed by atoms with Crippen LogP contribution >= 0.6 is 0 Å². The van der Waals surface area contributed by atoms with Crippen molar-refractivity contribution in [1.82, 2.24) is 15.1 Å². The van der Waals surface area contributed by atoms with Crippen LogP contribution in [0, 0.1) is 6.92 Å². The molecule has 2 heterocycles. The largest absolute Gasteiger partial charge is 0.459 e. The second-order valence-electron chi connectivity index (χ2n) is 5.95. The monoisotopic (exact) mass is 342 g/mol. The molecule has 0 fully saturated rings. The Hall–Kier alpha value is -2.80. The van der Waals surface area contributed by atoms with E-state index in [9.17, 15) is 4.79 Å². The highest BCUT2D eigenvalue weighted by atomic mass is 16.3. The van der Waals surface area contributed by atoms with E-state index in [4.69, 9.17) is 9.52 Å². The van der Waals surface area contributed by atoms with Gasteiger partial charge in [0.2, 0.25) is 5.91 Å². The molecule has 1 unspecified atom stereocenters. The van der Waals surface area contributed by atoms with Crippen LogP contribution < -0.4 is 10.6 Å². The van der Waals surface area contributed by atoms with Gasteiger partial charge in [-0.25, -0.2) is 0 Å². The Morgan fingerprint density at radius 3 is 2.96 bits per heavy atom. The summed E-state index contributed by atoms with van der Waals surface area (Å²) in [5, 5.41) is 19.9. The van der Waals surface area contributed by atoms with Gasteiger partial charge in [0.25, 0.3) is 0 Å². The molecule has 1 amide bonds. The van der Waals surface area contributed by atoms with Gasteiger partial charge < -0.3 is 20.2 Å². The maximum atomic E-state index is 11.6. The first-order chi connectivity index (χ1) is 12.1. The normalized spacial score (nSPS) is 12.3. The fraction of sp³-hybridized carbons (Fsp3) is 0.333. The molecular formula is C18H22N4O3. The predicted octanol–water partition coefficient (Wildman–Crippen LogP) is 2.22. The lowest BCUT2D eigenvalue weighted by Crippen LogP contribution is -2.30. The molecule has 0 radical (unpaired) electrons. The molecule has 1 atom stereocenters. The van der Waals surface area contributed by atoms with Crippen molar-refractivity contribution >= 4 is 22.6 Å². The Balaban J connectivity index is 1.67. The van der Waals surface area contributed by atoms with E-state index in [0.29, 0.717) is 0 Å². The fourth-order valence-corrected chi connectivity index (χ4v) is 2.84. The Labute approximate surface area is 145 Å². The molecule has 0 bridgehead atoms. The fourth-order valence-electron chi connectivity index (χ4n) is 2.84. The number of aliphatic hydroxyl groups excluding tert-OH is 1. The molecule has 25 heavy (non-hydrogen) atoms. The SMILES string of the molecule is Cc1c(C(C)Nc2cnn(CC(=O)NCCO)c2)oc2ccccc12. The van der Waals surface area contributed by atoms with E-state index in [1.54, 1.807) is 17.1 Å². The van der Waals surface area contributed by atoms with E-state index in [2.05, 4.69) is 15.7 Å². The average Bonchev–Trinajstić information content (AvgIpc) is 3.17. The van der Waals surface area contributed by atoms with Gasteiger partial charge in [-0.1, -0.05) is 18.2 Å². The number of carbonyl (C=O) groups is 1. The van der Waals surface area contributed by atoms with Crippen LogP contribution in [0.2, 0.25) is 0 Å². The minimum Gasteiger partial charge on any atom is -0.459 e. The van der Waals surface area contributed by atoms with Crippen LogP contribution in [-0.2, 0) is 11.3 Å². The zero-order chi connectivity index (χ0) is 17.8. The van der Waals surface area contributed by atoms with Crippen molar-refractivity contribution in [2.24, 2.45) is 0 Å². The summed E-state index contributed by atoms with van der Waals surface area (Å²) in [6.45, 7) is 4.35. The second kappa shape index (κ2) is 7.40. The number of hydrogen-bond acceptors (Lipinski definition) is 5. The number of aliphatic hydroxyl groups is 1. The first kappa shape index (κ1) is 17.0. The van der Waals surface area contributed by atoms with Gasteiger partial charge in [-0.15, -0.1) is 0 Å². The van der Waals surface area contributed by atoms with E-state index in [0.717, 1.165) is 28.0 Å². The van der Waals surface area contributed by atoms with Crippen LogP contribution in [0.5, 0.6) is 0 Å². The summed E-state index contributed by atoms with van der Waals surface area (Å²) in [4.78, 5) is 11.6. The number of para-hydroxylation sites is 1. The molecule has 0 aliphatic heterocycles. The standard InChI is InChI=1S/C18H22N4O3/c1-12-15-5-3-4-6-16(15)25-18(12)13(2)21-14-9-20-22(10-14)11-17(24)19-7-8-23/h3-6,9-10,13,21,23H,7-8,11H2,1-2H3,(H,19,24). The quantitative estimate of drug-likeness (QED) is 0.612. The Morgan fingerprint density at radius 1 is 1.40 bits per heavy atom. The van der Waals surface area contributed by atoms with Gasteiger partial charge in [0.1, 0.15) is 17.9 Å². The second-order valence-corrected chi connectivity index (χ2v) is 5.95.